The molecule has 0 aliphatic carbocycles. The lowest BCUT2D eigenvalue weighted by Crippen LogP contribution is -2.35. The van der Waals surface area contributed by atoms with Gasteiger partial charge in [-0.15, -0.1) is 0 Å². The third kappa shape index (κ3) is 2.54. The van der Waals surface area contributed by atoms with Crippen molar-refractivity contribution in [3.63, 3.8) is 0 Å². The molecule has 0 saturated carbocycles. The molecule has 0 aromatic heterocycles. The largest absolute Gasteiger partial charge is 0.390 e. The summed E-state index contributed by atoms with van der Waals surface area (Å²) in [7, 11) is 1.81. The molecule has 0 fully saturated rings. The number of nitrogens with one attached hydrogen (secondary N) is 1. The summed E-state index contributed by atoms with van der Waals surface area (Å²) in [6, 6.07) is 7.66. The molecule has 0 radical (unpaired) electrons. The first-order valence-corrected chi connectivity index (χ1v) is 5.29. The summed E-state index contributed by atoms with van der Waals surface area (Å²) in [4.78, 5) is 0. The standard InChI is InChI=1S/C10H15BrN2O/c1-13-10(9(14)6-12)7-4-2-3-5-8(7)11/h2-5,9-10,13-14H,6,12H2,1H3. The zero-order valence-corrected chi connectivity index (χ0v) is 9.66. The molecular weight excluding hydrogens is 244 g/mol. The van der Waals surface area contributed by atoms with E-state index in [0.717, 1.165) is 10.0 Å². The molecule has 4 N–H and O–H groups in total. The third-order valence-electron chi connectivity index (χ3n) is 2.18. The summed E-state index contributed by atoms with van der Waals surface area (Å²) in [5, 5.41) is 12.7. The fraction of sp³-hybridized carbons (Fsp3) is 0.400. The molecule has 0 amide bonds. The van der Waals surface area contributed by atoms with Gasteiger partial charge in [0.1, 0.15) is 0 Å². The molecule has 0 bridgehead atoms. The average Bonchev–Trinajstić information content (AvgIpc) is 2.21. The average molecular weight is 259 g/mol. The van der Waals surface area contributed by atoms with Crippen LogP contribution in [0.1, 0.15) is 11.6 Å². The number of aliphatic hydroxyl groups excluding tert-OH is 1. The Bertz CT molecular complexity index is 293. The Morgan fingerprint density at radius 2 is 2.14 bits per heavy atom. The number of benzene rings is 1. The molecule has 0 heterocycles. The molecule has 4 heteroatoms. The van der Waals surface area contributed by atoms with Crippen LogP contribution in [-0.2, 0) is 0 Å². The summed E-state index contributed by atoms with van der Waals surface area (Å²) < 4.78 is 0.979. The van der Waals surface area contributed by atoms with Crippen molar-refractivity contribution in [3.8, 4) is 0 Å². The van der Waals surface area contributed by atoms with Crippen LogP contribution in [0.4, 0.5) is 0 Å². The van der Waals surface area contributed by atoms with Gasteiger partial charge in [0.05, 0.1) is 12.1 Å². The van der Waals surface area contributed by atoms with E-state index >= 15 is 0 Å². The van der Waals surface area contributed by atoms with Crippen molar-refractivity contribution in [3.05, 3.63) is 34.3 Å². The van der Waals surface area contributed by atoms with Gasteiger partial charge in [0.2, 0.25) is 0 Å². The number of rotatable bonds is 4. The number of hydrogen-bond donors (Lipinski definition) is 3. The first-order chi connectivity index (χ1) is 6.70. The first kappa shape index (κ1) is 11.7. The second-order valence-corrected chi connectivity index (χ2v) is 3.95. The molecule has 2 unspecified atom stereocenters. The maximum absolute atomic E-state index is 9.69. The molecule has 0 saturated heterocycles. The Balaban J connectivity index is 2.94. The predicted molar refractivity (Wildman–Crippen MR) is 61.0 cm³/mol. The van der Waals surface area contributed by atoms with Gasteiger partial charge in [0, 0.05) is 11.0 Å². The van der Waals surface area contributed by atoms with Crippen LogP contribution in [0.15, 0.2) is 28.7 Å². The number of likely N-dealkylation sites (N-methyl/N-ethyl adjacent to an activating group) is 1. The molecular formula is C10H15BrN2O. The molecule has 1 rings (SSSR count). The van der Waals surface area contributed by atoms with Gasteiger partial charge in [0.25, 0.3) is 0 Å². The van der Waals surface area contributed by atoms with Gasteiger partial charge < -0.3 is 16.2 Å². The SMILES string of the molecule is CNC(c1ccccc1Br)C(O)CN. The second-order valence-electron chi connectivity index (χ2n) is 3.09. The normalized spacial score (nSPS) is 15.1. The summed E-state index contributed by atoms with van der Waals surface area (Å²) in [5.41, 5.74) is 6.45. The van der Waals surface area contributed by atoms with Crippen LogP contribution in [0.2, 0.25) is 0 Å². The highest BCUT2D eigenvalue weighted by molar-refractivity contribution is 9.10. The zero-order valence-electron chi connectivity index (χ0n) is 8.07. The second kappa shape index (κ2) is 5.46. The molecule has 0 aliphatic heterocycles. The topological polar surface area (TPSA) is 58.3 Å². The van der Waals surface area contributed by atoms with Crippen molar-refractivity contribution in [2.45, 2.75) is 12.1 Å². The van der Waals surface area contributed by atoms with Gasteiger partial charge in [-0.25, -0.2) is 0 Å². The van der Waals surface area contributed by atoms with E-state index in [2.05, 4.69) is 21.2 Å². The lowest BCUT2D eigenvalue weighted by molar-refractivity contribution is 0.139. The van der Waals surface area contributed by atoms with Gasteiger partial charge >= 0.3 is 0 Å². The van der Waals surface area contributed by atoms with E-state index in [9.17, 15) is 5.11 Å². The summed E-state index contributed by atoms with van der Waals surface area (Å²) in [6.45, 7) is 0.243. The maximum atomic E-state index is 9.69. The lowest BCUT2D eigenvalue weighted by atomic mass is 10.0. The van der Waals surface area contributed by atoms with Crippen molar-refractivity contribution >= 4 is 15.9 Å². The third-order valence-corrected chi connectivity index (χ3v) is 2.90. The molecule has 78 valence electrons. The lowest BCUT2D eigenvalue weighted by Gasteiger charge is -2.22. The maximum Gasteiger partial charge on any atom is 0.0857 e. The van der Waals surface area contributed by atoms with Crippen molar-refractivity contribution in [1.29, 1.82) is 0 Å². The van der Waals surface area contributed by atoms with Gasteiger partial charge in [-0.2, -0.15) is 0 Å². The molecule has 3 nitrogen and oxygen atoms in total. The van der Waals surface area contributed by atoms with E-state index in [4.69, 9.17) is 5.73 Å². The van der Waals surface area contributed by atoms with Crippen LogP contribution in [0, 0.1) is 0 Å². The van der Waals surface area contributed by atoms with E-state index in [0.29, 0.717) is 0 Å². The molecule has 1 aromatic carbocycles. The van der Waals surface area contributed by atoms with Crippen molar-refractivity contribution in [2.75, 3.05) is 13.6 Å². The number of halogens is 1. The monoisotopic (exact) mass is 258 g/mol. The summed E-state index contributed by atoms with van der Waals surface area (Å²) in [6.07, 6.45) is -0.571. The highest BCUT2D eigenvalue weighted by atomic mass is 79.9. The molecule has 2 atom stereocenters. The molecule has 1 aromatic rings. The van der Waals surface area contributed by atoms with Crippen molar-refractivity contribution in [1.82, 2.24) is 5.32 Å². The van der Waals surface area contributed by atoms with Crippen LogP contribution in [0.25, 0.3) is 0 Å². The number of hydrogen-bond acceptors (Lipinski definition) is 3. The molecule has 14 heavy (non-hydrogen) atoms. The fourth-order valence-electron chi connectivity index (χ4n) is 1.42. The Hall–Kier alpha value is -0.420. The van der Waals surface area contributed by atoms with Crippen LogP contribution < -0.4 is 11.1 Å². The Labute approximate surface area is 92.4 Å². The minimum Gasteiger partial charge on any atom is -0.390 e. The van der Waals surface area contributed by atoms with E-state index in [-0.39, 0.29) is 12.6 Å². The first-order valence-electron chi connectivity index (χ1n) is 4.50. The number of nitrogens with two attached hydrogens (primary N) is 1. The van der Waals surface area contributed by atoms with Crippen LogP contribution in [-0.4, -0.2) is 24.8 Å². The van der Waals surface area contributed by atoms with E-state index in [1.165, 1.54) is 0 Å². The Morgan fingerprint density at radius 1 is 1.50 bits per heavy atom. The van der Waals surface area contributed by atoms with Gasteiger partial charge in [-0.05, 0) is 18.7 Å². The van der Waals surface area contributed by atoms with Gasteiger partial charge in [-0.1, -0.05) is 34.1 Å². The summed E-state index contributed by atoms with van der Waals surface area (Å²) >= 11 is 3.44. The Morgan fingerprint density at radius 3 is 2.64 bits per heavy atom. The Kier molecular flexibility index (Phi) is 4.54. The van der Waals surface area contributed by atoms with Gasteiger partial charge in [0.15, 0.2) is 0 Å². The molecule has 0 aliphatic rings. The quantitative estimate of drug-likeness (QED) is 0.757. The van der Waals surface area contributed by atoms with Crippen LogP contribution >= 0.6 is 15.9 Å². The van der Waals surface area contributed by atoms with E-state index < -0.39 is 6.10 Å². The zero-order chi connectivity index (χ0) is 10.6. The van der Waals surface area contributed by atoms with E-state index in [1.807, 2.05) is 31.3 Å². The van der Waals surface area contributed by atoms with Crippen molar-refractivity contribution in [2.24, 2.45) is 5.73 Å². The summed E-state index contributed by atoms with van der Waals surface area (Å²) in [5.74, 6) is 0. The number of aliphatic hydroxyl groups is 1. The van der Waals surface area contributed by atoms with Crippen molar-refractivity contribution < 1.29 is 5.11 Å². The van der Waals surface area contributed by atoms with Crippen LogP contribution in [0.5, 0.6) is 0 Å². The minimum atomic E-state index is -0.571. The highest BCUT2D eigenvalue weighted by Crippen LogP contribution is 2.24. The van der Waals surface area contributed by atoms with E-state index in [1.54, 1.807) is 0 Å². The van der Waals surface area contributed by atoms with Crippen LogP contribution in [0.3, 0.4) is 0 Å². The predicted octanol–water partition coefficient (Wildman–Crippen LogP) is 1.03. The fourth-order valence-corrected chi connectivity index (χ4v) is 1.95. The molecule has 0 spiro atoms. The highest BCUT2D eigenvalue weighted by Gasteiger charge is 2.19. The smallest absolute Gasteiger partial charge is 0.0857 e. The van der Waals surface area contributed by atoms with Gasteiger partial charge in [-0.3, -0.25) is 0 Å². The minimum absolute atomic E-state index is 0.129.